The van der Waals surface area contributed by atoms with Crippen LogP contribution < -0.4 is 85.2 Å². The lowest BCUT2D eigenvalue weighted by Crippen LogP contribution is -2.75. The molecule has 0 saturated heterocycles. The van der Waals surface area contributed by atoms with Crippen molar-refractivity contribution in [2.75, 3.05) is 19.6 Å². The van der Waals surface area contributed by atoms with E-state index in [-0.39, 0.29) is 37.7 Å². The lowest BCUT2D eigenvalue weighted by molar-refractivity contribution is 0.632. The zero-order valence-electron chi connectivity index (χ0n) is 75.4. The van der Waals surface area contributed by atoms with Gasteiger partial charge in [-0.1, -0.05) is 424 Å². The Bertz CT molecular complexity index is 7270. The Morgan fingerprint density at radius 1 is 0.185 bits per heavy atom. The molecular formula is C122H98B4N4. The zero-order chi connectivity index (χ0) is 88.0. The summed E-state index contributed by atoms with van der Waals surface area (Å²) in [5.74, 6) is 0. The highest BCUT2D eigenvalue weighted by molar-refractivity contribution is 7.13. The predicted molar refractivity (Wildman–Crippen MR) is 561 cm³/mol. The summed E-state index contributed by atoms with van der Waals surface area (Å²) >= 11 is 0. The Kier molecular flexibility index (Phi) is 19.4. The van der Waals surface area contributed by atoms with E-state index in [0.29, 0.717) is 0 Å². The van der Waals surface area contributed by atoms with E-state index in [1.807, 2.05) is 0 Å². The van der Waals surface area contributed by atoms with Crippen LogP contribution in [0.3, 0.4) is 0 Å². The van der Waals surface area contributed by atoms with Crippen LogP contribution in [0.4, 0.5) is 68.2 Å². The predicted octanol–water partition coefficient (Wildman–Crippen LogP) is 23.0. The Morgan fingerprint density at radius 3 is 0.854 bits per heavy atom. The maximum absolute atomic E-state index is 2.52. The topological polar surface area (TPSA) is 13.0 Å². The Labute approximate surface area is 766 Å². The third-order valence-electron chi connectivity index (χ3n) is 29.5. The molecule has 8 heteroatoms. The highest BCUT2D eigenvalue weighted by Crippen LogP contribution is 2.57. The van der Waals surface area contributed by atoms with Crippen molar-refractivity contribution in [1.82, 2.24) is 0 Å². The van der Waals surface area contributed by atoms with Crippen molar-refractivity contribution in [1.29, 1.82) is 0 Å². The molecule has 0 aromatic heterocycles. The van der Waals surface area contributed by atoms with Crippen LogP contribution in [0.2, 0.25) is 0 Å². The second-order valence-corrected chi connectivity index (χ2v) is 37.5. The molecule has 0 atom stereocenters. The fourth-order valence-electron chi connectivity index (χ4n) is 23.7. The van der Waals surface area contributed by atoms with Crippen LogP contribution >= 0.6 is 0 Å². The van der Waals surface area contributed by atoms with Crippen LogP contribution in [0.1, 0.15) is 83.3 Å². The monoisotopic (exact) mass is 1660 g/mol. The van der Waals surface area contributed by atoms with Crippen molar-refractivity contribution < 1.29 is 0 Å². The van der Waals surface area contributed by atoms with E-state index < -0.39 is 0 Å². The number of para-hydroxylation sites is 7. The van der Waals surface area contributed by atoms with Gasteiger partial charge in [0, 0.05) is 33.6 Å². The molecular weight excluding hydrogens is 1560 g/mol. The van der Waals surface area contributed by atoms with E-state index in [0.717, 1.165) is 17.1 Å². The third kappa shape index (κ3) is 12.7. The van der Waals surface area contributed by atoms with Gasteiger partial charge in [0.15, 0.2) is 0 Å². The molecule has 5 aliphatic heterocycles. The van der Waals surface area contributed by atoms with Gasteiger partial charge in [0.2, 0.25) is 26.9 Å². The third-order valence-corrected chi connectivity index (χ3v) is 29.5. The second-order valence-electron chi connectivity index (χ2n) is 37.5. The zero-order valence-corrected chi connectivity index (χ0v) is 75.4. The van der Waals surface area contributed by atoms with Crippen molar-refractivity contribution in [3.63, 3.8) is 0 Å². The van der Waals surface area contributed by atoms with Gasteiger partial charge in [-0.25, -0.2) is 0 Å². The summed E-state index contributed by atoms with van der Waals surface area (Å²) in [6.07, 6.45) is 0. The first kappa shape index (κ1) is 79.8. The van der Waals surface area contributed by atoms with Crippen molar-refractivity contribution in [3.05, 3.63) is 468 Å². The smallest absolute Gasteiger partial charge is 0.241 e. The van der Waals surface area contributed by atoms with Crippen LogP contribution in [0, 0.1) is 41.5 Å². The van der Waals surface area contributed by atoms with Crippen LogP contribution in [0.15, 0.2) is 413 Å². The van der Waals surface area contributed by atoms with Crippen LogP contribution in [-0.2, 0) is 10.8 Å². The number of aryl methyl sites for hydroxylation is 5. The molecule has 0 bridgehead atoms. The summed E-state index contributed by atoms with van der Waals surface area (Å²) in [7, 11) is 0. The molecule has 0 unspecified atom stereocenters. The Hall–Kier alpha value is -14.8. The van der Waals surface area contributed by atoms with E-state index in [1.54, 1.807) is 0 Å². The van der Waals surface area contributed by atoms with Gasteiger partial charge in [-0.3, -0.25) is 0 Å². The maximum Gasteiger partial charge on any atom is 0.241 e. The molecule has 618 valence electrons. The average Bonchev–Trinajstić information content (AvgIpc) is 0.712. The first-order valence-corrected chi connectivity index (χ1v) is 46.2. The highest BCUT2D eigenvalue weighted by atomic mass is 15.3. The van der Waals surface area contributed by atoms with Crippen molar-refractivity contribution in [2.45, 2.75) is 80.1 Å². The summed E-state index contributed by atoms with van der Waals surface area (Å²) in [6.45, 7) is 23.9. The van der Waals surface area contributed by atoms with Gasteiger partial charge >= 0.3 is 0 Å². The molecule has 0 amide bonds. The molecule has 24 rings (SSSR count). The quantitative estimate of drug-likeness (QED) is 0.0999. The number of anilines is 12. The normalized spacial score (nSPS) is 13.9. The molecule has 0 radical (unpaired) electrons. The number of hydrogen-bond acceptors (Lipinski definition) is 4. The van der Waals surface area contributed by atoms with Crippen molar-refractivity contribution in [2.24, 2.45) is 0 Å². The van der Waals surface area contributed by atoms with Gasteiger partial charge in [0.25, 0.3) is 0 Å². The molecule has 130 heavy (non-hydrogen) atoms. The average molecular weight is 1660 g/mol. The summed E-state index contributed by atoms with van der Waals surface area (Å²) < 4.78 is 0. The van der Waals surface area contributed by atoms with Crippen LogP contribution in [0.5, 0.6) is 0 Å². The Morgan fingerprint density at radius 2 is 0.469 bits per heavy atom. The summed E-state index contributed by atoms with van der Waals surface area (Å²) in [5, 5.41) is 5.21. The second kappa shape index (κ2) is 31.6. The fraction of sp³-hybridized carbons (Fsp3) is 0.0984. The minimum absolute atomic E-state index is 0.0657. The van der Waals surface area contributed by atoms with Crippen LogP contribution in [0.25, 0.3) is 43.8 Å². The maximum atomic E-state index is 2.52. The van der Waals surface area contributed by atoms with E-state index in [1.165, 1.54) is 216 Å². The molecule has 0 fully saturated rings. The van der Waals surface area contributed by atoms with E-state index in [4.69, 9.17) is 0 Å². The minimum atomic E-state index is -0.185. The molecule has 4 nitrogen and oxygen atoms in total. The number of fused-ring (bicyclic) bond motifs is 12. The molecule has 19 aromatic rings. The van der Waals surface area contributed by atoms with Crippen molar-refractivity contribution in [3.8, 4) is 22.3 Å². The summed E-state index contributed by atoms with van der Waals surface area (Å²) in [4.78, 5) is 9.93. The summed E-state index contributed by atoms with van der Waals surface area (Å²) in [5.41, 5.74) is 48.7. The Balaban J connectivity index is 0.000000154. The van der Waals surface area contributed by atoms with E-state index in [2.05, 4.69) is 501 Å². The van der Waals surface area contributed by atoms with Gasteiger partial charge in [-0.05, 0) is 222 Å². The van der Waals surface area contributed by atoms with Gasteiger partial charge in [0.05, 0.1) is 45.5 Å². The molecule has 19 aromatic carbocycles. The van der Waals surface area contributed by atoms with Crippen LogP contribution in [-0.4, -0.2) is 26.9 Å². The van der Waals surface area contributed by atoms with Gasteiger partial charge in [0.1, 0.15) is 0 Å². The first-order valence-electron chi connectivity index (χ1n) is 46.2. The highest BCUT2D eigenvalue weighted by Gasteiger charge is 2.46. The fourth-order valence-corrected chi connectivity index (χ4v) is 23.7. The molecule has 0 aliphatic carbocycles. The van der Waals surface area contributed by atoms with Crippen molar-refractivity contribution >= 4 is 182 Å². The first-order chi connectivity index (χ1) is 63.6. The van der Waals surface area contributed by atoms with Gasteiger partial charge in [-0.15, -0.1) is 0 Å². The number of benzene rings is 19. The number of nitrogens with zero attached hydrogens (tertiary/aromatic N) is 4. The van der Waals surface area contributed by atoms with Gasteiger partial charge < -0.3 is 19.6 Å². The lowest BCUT2D eigenvalue weighted by atomic mass is 9.20. The summed E-state index contributed by atoms with van der Waals surface area (Å²) in [6, 6.07) is 154. The molecule has 0 spiro atoms. The SMILES string of the molecule is Cc1cc(N2c3ccccc3C(C)(C)c3cc(-c4ccccc4)ccc32)cc(C)c1B1c2ccccc2B(c2c(C)cc(N3c4ccccc4C(C)(C)c4cc(-c5ccccc5)ccc43)cc2C)c2ccccc21.Cc1ccc(N2c3ccccc3N(c3ccccc3)c3ccccc32)c(C)c1B1c2ccccc2B(c2c3ccccc3cc3ccccc23)c2ccccc21. The molecule has 5 heterocycles. The lowest BCUT2D eigenvalue weighted by Gasteiger charge is -2.43. The number of hydrogen-bond donors (Lipinski definition) is 0. The molecule has 0 saturated carbocycles. The van der Waals surface area contributed by atoms with E-state index >= 15 is 0 Å². The largest absolute Gasteiger partial charge is 0.310 e. The standard InChI is InChI=1S/C70H60B2N2.C52H38B2N2/c1-45-39-53(73-63-33-21-15-27-55(63)69(5,6)57-43-51(35-37-65(57)73)49-23-11-9-12-24-49)40-46(2)67(45)71-59-29-17-19-31-61(59)72(62-32-20-18-30-60(62)71)68-47(3)41-54(42-48(68)4)74-64-34-22-16-28-56(64)70(7,8)58-44-52(36-38-66(58)74)50-25-13-10-14-26-50;1-35-32-33-46(56-49-30-16-14-28-47(49)55(39-20-4-3-5-21-39)48-29-15-17-31-50(48)56)36(2)51(35)53-42-24-10-12-26-44(42)54(45-27-13-11-25-43(45)53)52-40-22-8-6-18-37(40)34-38-19-7-9-23-41(38)52/h9-44H,1-8H3;3-34H,1-2H3. The van der Waals surface area contributed by atoms with Gasteiger partial charge in [-0.2, -0.15) is 0 Å². The van der Waals surface area contributed by atoms with E-state index in [9.17, 15) is 0 Å². The minimum Gasteiger partial charge on any atom is -0.310 e. The molecule has 5 aliphatic rings. The molecule has 0 N–H and O–H groups in total. The number of rotatable bonds is 10.